The van der Waals surface area contributed by atoms with Gasteiger partial charge in [-0.2, -0.15) is 0 Å². The predicted molar refractivity (Wildman–Crippen MR) is 85.3 cm³/mol. The average Bonchev–Trinajstić information content (AvgIpc) is 2.83. The fourth-order valence-electron chi connectivity index (χ4n) is 4.30. The van der Waals surface area contributed by atoms with Crippen molar-refractivity contribution < 1.29 is 0 Å². The van der Waals surface area contributed by atoms with E-state index in [1.807, 2.05) is 0 Å². The fourth-order valence-corrected chi connectivity index (χ4v) is 4.30. The topological polar surface area (TPSA) is 32.5 Å². The number of nitrogens with zero attached hydrogens (tertiary/aromatic N) is 2. The molecule has 20 heavy (non-hydrogen) atoms. The van der Waals surface area contributed by atoms with Gasteiger partial charge in [0.05, 0.1) is 5.54 Å². The highest BCUT2D eigenvalue weighted by Gasteiger charge is 2.48. The van der Waals surface area contributed by atoms with Gasteiger partial charge in [0, 0.05) is 32.4 Å². The lowest BCUT2D eigenvalue weighted by Crippen LogP contribution is -2.61. The number of aryl methyl sites for hydroxylation is 2. The second-order valence-electron chi connectivity index (χ2n) is 6.69. The van der Waals surface area contributed by atoms with Crippen LogP contribution in [0, 0.1) is 19.8 Å². The third kappa shape index (κ3) is 2.04. The molecule has 0 radical (unpaired) electrons. The second kappa shape index (κ2) is 5.05. The molecule has 3 nitrogen and oxygen atoms in total. The Balaban J connectivity index is 1.96. The summed E-state index contributed by atoms with van der Waals surface area (Å²) in [7, 11) is 2.25. The zero-order chi connectivity index (χ0) is 14.3. The van der Waals surface area contributed by atoms with Gasteiger partial charge in [0.15, 0.2) is 0 Å². The Morgan fingerprint density at radius 2 is 2.15 bits per heavy atom. The van der Waals surface area contributed by atoms with Crippen LogP contribution in [0.4, 0.5) is 5.69 Å². The molecule has 2 fully saturated rings. The van der Waals surface area contributed by atoms with Gasteiger partial charge >= 0.3 is 0 Å². The summed E-state index contributed by atoms with van der Waals surface area (Å²) < 4.78 is 0. The summed E-state index contributed by atoms with van der Waals surface area (Å²) in [4.78, 5) is 5.09. The van der Waals surface area contributed by atoms with Gasteiger partial charge in [-0.15, -0.1) is 0 Å². The molecule has 3 atom stereocenters. The Labute approximate surface area is 122 Å². The molecule has 2 N–H and O–H groups in total. The van der Waals surface area contributed by atoms with Crippen molar-refractivity contribution in [2.45, 2.75) is 32.2 Å². The normalized spacial score (nSPS) is 32.4. The molecule has 3 heteroatoms. The van der Waals surface area contributed by atoms with E-state index in [9.17, 15) is 0 Å². The Morgan fingerprint density at radius 3 is 2.85 bits per heavy atom. The standard InChI is InChI=1S/C17H27N3/c1-13-4-5-16(14(2)10-13)19(3)17(12-18)7-9-20-8-6-15(17)11-20/h4-5,10,15H,6-9,11-12,18H2,1-3H3. The van der Waals surface area contributed by atoms with Gasteiger partial charge in [-0.1, -0.05) is 17.7 Å². The summed E-state index contributed by atoms with van der Waals surface area (Å²) in [6, 6.07) is 6.76. The van der Waals surface area contributed by atoms with Gasteiger partial charge < -0.3 is 15.5 Å². The molecule has 3 unspecified atom stereocenters. The highest BCUT2D eigenvalue weighted by molar-refractivity contribution is 5.56. The van der Waals surface area contributed by atoms with E-state index >= 15 is 0 Å². The predicted octanol–water partition coefficient (Wildman–Crippen LogP) is 2.16. The minimum absolute atomic E-state index is 0.146. The monoisotopic (exact) mass is 273 g/mol. The molecule has 0 amide bonds. The molecule has 2 aliphatic rings. The van der Waals surface area contributed by atoms with Crippen LogP contribution in [0.15, 0.2) is 18.2 Å². The molecule has 1 aromatic carbocycles. The van der Waals surface area contributed by atoms with Crippen LogP contribution in [0.25, 0.3) is 0 Å². The number of likely N-dealkylation sites (N-methyl/N-ethyl adjacent to an activating group) is 1. The number of piperidine rings is 1. The number of benzene rings is 1. The highest BCUT2D eigenvalue weighted by Crippen LogP contribution is 2.41. The molecule has 2 bridgehead atoms. The van der Waals surface area contributed by atoms with E-state index in [2.05, 4.69) is 48.9 Å². The molecular formula is C17H27N3. The lowest BCUT2D eigenvalue weighted by molar-refractivity contribution is 0.168. The first kappa shape index (κ1) is 13.9. The van der Waals surface area contributed by atoms with Crippen molar-refractivity contribution in [2.75, 3.05) is 38.1 Å². The van der Waals surface area contributed by atoms with E-state index in [-0.39, 0.29) is 5.54 Å². The fraction of sp³-hybridized carbons (Fsp3) is 0.647. The molecular weight excluding hydrogens is 246 g/mol. The third-order valence-electron chi connectivity index (χ3n) is 5.63. The molecule has 2 saturated heterocycles. The molecule has 1 aromatic rings. The van der Waals surface area contributed by atoms with E-state index in [0.29, 0.717) is 5.92 Å². The summed E-state index contributed by atoms with van der Waals surface area (Å²) in [6.07, 6.45) is 2.49. The number of anilines is 1. The summed E-state index contributed by atoms with van der Waals surface area (Å²) in [5, 5.41) is 0. The van der Waals surface area contributed by atoms with Crippen LogP contribution in [-0.2, 0) is 0 Å². The first-order valence-electron chi connectivity index (χ1n) is 7.80. The van der Waals surface area contributed by atoms with E-state index in [1.165, 1.54) is 49.3 Å². The zero-order valence-corrected chi connectivity index (χ0v) is 13.0. The largest absolute Gasteiger partial charge is 0.367 e. The van der Waals surface area contributed by atoms with Crippen LogP contribution in [-0.4, -0.2) is 43.7 Å². The van der Waals surface area contributed by atoms with Gasteiger partial charge in [0.25, 0.3) is 0 Å². The Bertz CT molecular complexity index is 499. The first-order valence-corrected chi connectivity index (χ1v) is 7.80. The van der Waals surface area contributed by atoms with Gasteiger partial charge in [-0.25, -0.2) is 0 Å². The molecule has 0 aromatic heterocycles. The van der Waals surface area contributed by atoms with E-state index < -0.39 is 0 Å². The highest BCUT2D eigenvalue weighted by atomic mass is 15.3. The van der Waals surface area contributed by atoms with Crippen molar-refractivity contribution in [3.05, 3.63) is 29.3 Å². The maximum Gasteiger partial charge on any atom is 0.0573 e. The summed E-state index contributed by atoms with van der Waals surface area (Å²) >= 11 is 0. The van der Waals surface area contributed by atoms with Gasteiger partial charge in [-0.05, 0) is 50.8 Å². The minimum Gasteiger partial charge on any atom is -0.367 e. The Morgan fingerprint density at radius 1 is 1.35 bits per heavy atom. The second-order valence-corrected chi connectivity index (χ2v) is 6.69. The van der Waals surface area contributed by atoms with Crippen molar-refractivity contribution in [2.24, 2.45) is 11.7 Å². The minimum atomic E-state index is 0.146. The number of hydrogen-bond donors (Lipinski definition) is 1. The van der Waals surface area contributed by atoms with E-state index in [0.717, 1.165) is 6.54 Å². The van der Waals surface area contributed by atoms with E-state index in [4.69, 9.17) is 5.73 Å². The van der Waals surface area contributed by atoms with Crippen LogP contribution < -0.4 is 10.6 Å². The smallest absolute Gasteiger partial charge is 0.0573 e. The Kier molecular flexibility index (Phi) is 3.51. The quantitative estimate of drug-likeness (QED) is 0.916. The summed E-state index contributed by atoms with van der Waals surface area (Å²) in [5.74, 6) is 0.715. The number of nitrogens with two attached hydrogens (primary N) is 1. The molecule has 0 saturated carbocycles. The van der Waals surface area contributed by atoms with Crippen LogP contribution in [0.3, 0.4) is 0 Å². The third-order valence-corrected chi connectivity index (χ3v) is 5.63. The molecule has 3 rings (SSSR count). The van der Waals surface area contributed by atoms with Crippen molar-refractivity contribution in [1.29, 1.82) is 0 Å². The lowest BCUT2D eigenvalue weighted by atomic mass is 9.77. The van der Waals surface area contributed by atoms with E-state index in [1.54, 1.807) is 0 Å². The van der Waals surface area contributed by atoms with Crippen LogP contribution >= 0.6 is 0 Å². The molecule has 0 spiro atoms. The summed E-state index contributed by atoms with van der Waals surface area (Å²) in [6.45, 7) is 8.82. The molecule has 2 aliphatic heterocycles. The lowest BCUT2D eigenvalue weighted by Gasteiger charge is -2.50. The SMILES string of the molecule is Cc1ccc(N(C)C2(CN)CCN3CCC2C3)c(C)c1. The van der Waals surface area contributed by atoms with Crippen LogP contribution in [0.1, 0.15) is 24.0 Å². The molecule has 0 aliphatic carbocycles. The van der Waals surface area contributed by atoms with Crippen molar-refractivity contribution in [3.63, 3.8) is 0 Å². The zero-order valence-electron chi connectivity index (χ0n) is 13.0. The van der Waals surface area contributed by atoms with Crippen molar-refractivity contribution >= 4 is 5.69 Å². The Hall–Kier alpha value is -1.06. The number of fused-ring (bicyclic) bond motifs is 2. The number of rotatable bonds is 3. The molecule has 2 heterocycles. The van der Waals surface area contributed by atoms with Gasteiger partial charge in [-0.3, -0.25) is 0 Å². The van der Waals surface area contributed by atoms with Gasteiger partial charge in [0.2, 0.25) is 0 Å². The summed E-state index contributed by atoms with van der Waals surface area (Å²) in [5.41, 5.74) is 10.5. The van der Waals surface area contributed by atoms with Crippen LogP contribution in [0.5, 0.6) is 0 Å². The van der Waals surface area contributed by atoms with Crippen molar-refractivity contribution in [1.82, 2.24) is 4.90 Å². The van der Waals surface area contributed by atoms with Crippen molar-refractivity contribution in [3.8, 4) is 0 Å². The number of hydrogen-bond acceptors (Lipinski definition) is 3. The average molecular weight is 273 g/mol. The van der Waals surface area contributed by atoms with Gasteiger partial charge in [0.1, 0.15) is 0 Å². The maximum absolute atomic E-state index is 6.28. The first-order chi connectivity index (χ1) is 9.56. The maximum atomic E-state index is 6.28. The van der Waals surface area contributed by atoms with Crippen LogP contribution in [0.2, 0.25) is 0 Å². The molecule has 110 valence electrons.